The molecule has 3 heteroatoms. The molecule has 0 aromatic carbocycles. The number of likely N-dealkylation sites (tertiary alicyclic amines) is 1. The van der Waals surface area contributed by atoms with Crippen molar-refractivity contribution in [1.29, 1.82) is 0 Å². The second-order valence-corrected chi connectivity index (χ2v) is 4.40. The molecule has 0 spiro atoms. The molecule has 0 radical (unpaired) electrons. The van der Waals surface area contributed by atoms with Crippen LogP contribution in [0.3, 0.4) is 0 Å². The van der Waals surface area contributed by atoms with Crippen molar-refractivity contribution < 1.29 is 0 Å². The average molecular weight is 212 g/mol. The van der Waals surface area contributed by atoms with Gasteiger partial charge in [0.15, 0.2) is 5.11 Å². The molecule has 1 rings (SSSR count). The Kier molecular flexibility index (Phi) is 4.94. The standard InChI is InChI=1S/C11H20N2S/c1-10(2)9-12-11(14)13-7-5-3-4-6-8-13/h1,3-9H2,2H3,(H,12,14). The van der Waals surface area contributed by atoms with Crippen LogP contribution in [0.2, 0.25) is 0 Å². The fraction of sp³-hybridized carbons (Fsp3) is 0.727. The summed E-state index contributed by atoms with van der Waals surface area (Å²) in [5, 5.41) is 4.14. The van der Waals surface area contributed by atoms with E-state index in [4.69, 9.17) is 12.2 Å². The first-order chi connectivity index (χ1) is 6.70. The predicted octanol–water partition coefficient (Wildman–Crippen LogP) is 2.31. The van der Waals surface area contributed by atoms with Crippen molar-refractivity contribution in [3.63, 3.8) is 0 Å². The predicted molar refractivity (Wildman–Crippen MR) is 65.5 cm³/mol. The van der Waals surface area contributed by atoms with E-state index in [1.165, 1.54) is 25.7 Å². The third-order valence-electron chi connectivity index (χ3n) is 2.43. The molecule has 1 fully saturated rings. The molecular formula is C11H20N2S. The van der Waals surface area contributed by atoms with Crippen molar-refractivity contribution in [1.82, 2.24) is 10.2 Å². The molecule has 14 heavy (non-hydrogen) atoms. The van der Waals surface area contributed by atoms with E-state index in [0.29, 0.717) is 0 Å². The van der Waals surface area contributed by atoms with E-state index in [2.05, 4.69) is 16.8 Å². The lowest BCUT2D eigenvalue weighted by Gasteiger charge is -2.23. The Labute approximate surface area is 92.4 Å². The summed E-state index contributed by atoms with van der Waals surface area (Å²) in [5.41, 5.74) is 1.13. The summed E-state index contributed by atoms with van der Waals surface area (Å²) in [6, 6.07) is 0. The molecule has 0 amide bonds. The van der Waals surface area contributed by atoms with Crippen LogP contribution >= 0.6 is 12.2 Å². The second-order valence-electron chi connectivity index (χ2n) is 4.02. The van der Waals surface area contributed by atoms with Gasteiger partial charge in [0.05, 0.1) is 0 Å². The van der Waals surface area contributed by atoms with Gasteiger partial charge < -0.3 is 10.2 Å². The van der Waals surface area contributed by atoms with Gasteiger partial charge in [-0.05, 0) is 32.0 Å². The van der Waals surface area contributed by atoms with Crippen LogP contribution in [-0.4, -0.2) is 29.6 Å². The largest absolute Gasteiger partial charge is 0.359 e. The van der Waals surface area contributed by atoms with Crippen LogP contribution in [0.15, 0.2) is 12.2 Å². The first kappa shape index (κ1) is 11.5. The molecule has 0 aromatic heterocycles. The topological polar surface area (TPSA) is 15.3 Å². The van der Waals surface area contributed by atoms with Gasteiger partial charge in [0, 0.05) is 19.6 Å². The molecule has 0 atom stereocenters. The fourth-order valence-corrected chi connectivity index (χ4v) is 1.87. The van der Waals surface area contributed by atoms with E-state index in [9.17, 15) is 0 Å². The van der Waals surface area contributed by atoms with Crippen molar-refractivity contribution in [2.75, 3.05) is 19.6 Å². The molecule has 1 aliphatic heterocycles. The van der Waals surface area contributed by atoms with Crippen LogP contribution in [0.1, 0.15) is 32.6 Å². The summed E-state index contributed by atoms with van der Waals surface area (Å²) < 4.78 is 0. The molecule has 1 aliphatic rings. The molecular weight excluding hydrogens is 192 g/mol. The normalized spacial score (nSPS) is 17.4. The van der Waals surface area contributed by atoms with E-state index in [-0.39, 0.29) is 0 Å². The fourth-order valence-electron chi connectivity index (χ4n) is 1.61. The molecule has 0 saturated carbocycles. The highest BCUT2D eigenvalue weighted by molar-refractivity contribution is 7.80. The third-order valence-corrected chi connectivity index (χ3v) is 2.84. The minimum Gasteiger partial charge on any atom is -0.359 e. The lowest BCUT2D eigenvalue weighted by atomic mass is 10.2. The van der Waals surface area contributed by atoms with Crippen LogP contribution in [0.5, 0.6) is 0 Å². The molecule has 2 nitrogen and oxygen atoms in total. The second kappa shape index (κ2) is 6.02. The number of rotatable bonds is 2. The third kappa shape index (κ3) is 4.09. The summed E-state index contributed by atoms with van der Waals surface area (Å²) in [6.07, 6.45) is 5.24. The maximum absolute atomic E-state index is 5.33. The lowest BCUT2D eigenvalue weighted by Crippen LogP contribution is -2.40. The molecule has 0 bridgehead atoms. The van der Waals surface area contributed by atoms with Gasteiger partial charge in [-0.25, -0.2) is 0 Å². The van der Waals surface area contributed by atoms with Crippen LogP contribution in [0.25, 0.3) is 0 Å². The Morgan fingerprint density at radius 2 is 1.86 bits per heavy atom. The van der Waals surface area contributed by atoms with Crippen molar-refractivity contribution in [3.05, 3.63) is 12.2 Å². The van der Waals surface area contributed by atoms with E-state index < -0.39 is 0 Å². The van der Waals surface area contributed by atoms with E-state index in [0.717, 1.165) is 30.3 Å². The van der Waals surface area contributed by atoms with E-state index in [1.807, 2.05) is 6.92 Å². The number of hydrogen-bond donors (Lipinski definition) is 1. The van der Waals surface area contributed by atoms with Gasteiger partial charge in [0.2, 0.25) is 0 Å². The van der Waals surface area contributed by atoms with Gasteiger partial charge in [-0.3, -0.25) is 0 Å². The van der Waals surface area contributed by atoms with E-state index >= 15 is 0 Å². The zero-order valence-corrected chi connectivity index (χ0v) is 9.83. The average Bonchev–Trinajstić information content (AvgIpc) is 2.42. The Morgan fingerprint density at radius 3 is 2.36 bits per heavy atom. The number of nitrogens with one attached hydrogen (secondary N) is 1. The summed E-state index contributed by atoms with van der Waals surface area (Å²) in [7, 11) is 0. The van der Waals surface area contributed by atoms with Gasteiger partial charge in [0.1, 0.15) is 0 Å². The van der Waals surface area contributed by atoms with Crippen LogP contribution in [0, 0.1) is 0 Å². The zero-order valence-electron chi connectivity index (χ0n) is 9.01. The minimum atomic E-state index is 0.801. The summed E-state index contributed by atoms with van der Waals surface area (Å²) >= 11 is 5.33. The molecule has 80 valence electrons. The number of hydrogen-bond acceptors (Lipinski definition) is 1. The molecule has 0 aromatic rings. The quantitative estimate of drug-likeness (QED) is 0.558. The maximum Gasteiger partial charge on any atom is 0.169 e. The minimum absolute atomic E-state index is 0.801. The molecule has 1 saturated heterocycles. The van der Waals surface area contributed by atoms with Crippen molar-refractivity contribution in [2.45, 2.75) is 32.6 Å². The van der Waals surface area contributed by atoms with Crippen LogP contribution in [0.4, 0.5) is 0 Å². The first-order valence-electron chi connectivity index (χ1n) is 5.37. The van der Waals surface area contributed by atoms with E-state index in [1.54, 1.807) is 0 Å². The van der Waals surface area contributed by atoms with Crippen LogP contribution in [-0.2, 0) is 0 Å². The maximum atomic E-state index is 5.33. The Hall–Kier alpha value is -0.570. The highest BCUT2D eigenvalue weighted by Gasteiger charge is 2.11. The zero-order chi connectivity index (χ0) is 10.4. The molecule has 1 N–H and O–H groups in total. The SMILES string of the molecule is C=C(C)CNC(=S)N1CCCCCC1. The van der Waals surface area contributed by atoms with Gasteiger partial charge >= 0.3 is 0 Å². The number of thiocarbonyl (C=S) groups is 1. The Bertz CT molecular complexity index is 205. The van der Waals surface area contributed by atoms with Crippen molar-refractivity contribution >= 4 is 17.3 Å². The molecule has 1 heterocycles. The van der Waals surface area contributed by atoms with Crippen LogP contribution < -0.4 is 5.32 Å². The van der Waals surface area contributed by atoms with Crippen molar-refractivity contribution in [3.8, 4) is 0 Å². The first-order valence-corrected chi connectivity index (χ1v) is 5.78. The van der Waals surface area contributed by atoms with Gasteiger partial charge in [-0.1, -0.05) is 25.0 Å². The Balaban J connectivity index is 2.30. The monoisotopic (exact) mass is 212 g/mol. The van der Waals surface area contributed by atoms with Gasteiger partial charge in [-0.2, -0.15) is 0 Å². The lowest BCUT2D eigenvalue weighted by molar-refractivity contribution is 0.429. The van der Waals surface area contributed by atoms with Crippen molar-refractivity contribution in [2.24, 2.45) is 0 Å². The number of nitrogens with zero attached hydrogens (tertiary/aromatic N) is 1. The summed E-state index contributed by atoms with van der Waals surface area (Å²) in [6.45, 7) is 8.89. The molecule has 0 unspecified atom stereocenters. The highest BCUT2D eigenvalue weighted by Crippen LogP contribution is 2.09. The summed E-state index contributed by atoms with van der Waals surface area (Å²) in [4.78, 5) is 2.28. The van der Waals surface area contributed by atoms with Gasteiger partial charge in [0.25, 0.3) is 0 Å². The Morgan fingerprint density at radius 1 is 1.29 bits per heavy atom. The summed E-state index contributed by atoms with van der Waals surface area (Å²) in [5.74, 6) is 0. The smallest absolute Gasteiger partial charge is 0.169 e. The molecule has 0 aliphatic carbocycles. The van der Waals surface area contributed by atoms with Gasteiger partial charge in [-0.15, -0.1) is 0 Å². The highest BCUT2D eigenvalue weighted by atomic mass is 32.1.